The summed E-state index contributed by atoms with van der Waals surface area (Å²) >= 11 is 0. The van der Waals surface area contributed by atoms with Gasteiger partial charge < -0.3 is 9.67 Å². The number of rotatable bonds is 3. The minimum Gasteiger partial charge on any atom is -0.480 e. The zero-order valence-corrected chi connectivity index (χ0v) is 12.0. The number of imidazole rings is 1. The van der Waals surface area contributed by atoms with E-state index < -0.39 is 5.97 Å². The second-order valence-corrected chi connectivity index (χ2v) is 7.39. The van der Waals surface area contributed by atoms with Gasteiger partial charge in [-0.3, -0.25) is 4.79 Å². The molecule has 0 spiro atoms. The average molecular weight is 274 g/mol. The number of carboxylic acid groups (broad SMARTS) is 1. The van der Waals surface area contributed by atoms with E-state index in [1.807, 2.05) is 13.1 Å². The van der Waals surface area contributed by atoms with Crippen molar-refractivity contribution >= 4 is 5.97 Å². The summed E-state index contributed by atoms with van der Waals surface area (Å²) in [6, 6.07) is 0. The number of hydrogen-bond acceptors (Lipinski definition) is 2. The molecule has 4 aliphatic rings. The van der Waals surface area contributed by atoms with Crippen LogP contribution in [0.3, 0.4) is 0 Å². The van der Waals surface area contributed by atoms with Gasteiger partial charge in [0.25, 0.3) is 0 Å². The highest BCUT2D eigenvalue weighted by Crippen LogP contribution is 2.60. The Morgan fingerprint density at radius 3 is 2.35 bits per heavy atom. The van der Waals surface area contributed by atoms with E-state index >= 15 is 0 Å². The van der Waals surface area contributed by atoms with Crippen molar-refractivity contribution in [2.75, 3.05) is 0 Å². The average Bonchev–Trinajstić information content (AvgIpc) is 2.69. The van der Waals surface area contributed by atoms with Gasteiger partial charge in [-0.05, 0) is 63.2 Å². The zero-order chi connectivity index (χ0) is 13.9. The van der Waals surface area contributed by atoms with Gasteiger partial charge in [-0.2, -0.15) is 0 Å². The molecule has 4 heteroatoms. The number of aryl methyl sites for hydroxylation is 1. The lowest BCUT2D eigenvalue weighted by atomic mass is 9.49. The van der Waals surface area contributed by atoms with E-state index in [0.717, 1.165) is 23.6 Å². The van der Waals surface area contributed by atoms with E-state index in [0.29, 0.717) is 0 Å². The number of carbonyl (C=O) groups is 1. The minimum atomic E-state index is -0.789. The summed E-state index contributed by atoms with van der Waals surface area (Å²) in [4.78, 5) is 15.7. The van der Waals surface area contributed by atoms with Crippen LogP contribution in [-0.2, 0) is 16.8 Å². The van der Waals surface area contributed by atoms with Crippen LogP contribution in [-0.4, -0.2) is 20.6 Å². The van der Waals surface area contributed by atoms with Crippen molar-refractivity contribution in [2.24, 2.45) is 17.8 Å². The van der Waals surface area contributed by atoms with Crippen LogP contribution in [0.15, 0.2) is 6.20 Å². The zero-order valence-electron chi connectivity index (χ0n) is 12.0. The molecule has 0 unspecified atom stereocenters. The molecular weight excluding hydrogens is 252 g/mol. The van der Waals surface area contributed by atoms with Gasteiger partial charge in [-0.25, -0.2) is 4.98 Å². The fraction of sp³-hybridized carbons (Fsp3) is 0.750. The first kappa shape index (κ1) is 12.4. The number of aliphatic carboxylic acids is 1. The van der Waals surface area contributed by atoms with Crippen molar-refractivity contribution in [3.63, 3.8) is 0 Å². The maximum Gasteiger partial charge on any atom is 0.323 e. The fourth-order valence-corrected chi connectivity index (χ4v) is 5.49. The third kappa shape index (κ3) is 1.80. The standard InChI is InChI=1S/C16H22N2O2/c1-10-17-14(8-18(10)9-15(19)20)16-5-11-2-12(6-16)4-13(3-11)7-16/h8,11-13H,2-7,9H2,1H3,(H,19,20). The predicted octanol–water partition coefficient (Wildman–Crippen LogP) is 2.74. The van der Waals surface area contributed by atoms with Crippen molar-refractivity contribution in [1.29, 1.82) is 0 Å². The molecule has 1 aromatic heterocycles. The molecule has 4 bridgehead atoms. The molecule has 108 valence electrons. The third-order valence-corrected chi connectivity index (χ3v) is 5.86. The fourth-order valence-electron chi connectivity index (χ4n) is 5.49. The normalized spacial score (nSPS) is 38.4. The lowest BCUT2D eigenvalue weighted by Crippen LogP contribution is -2.48. The van der Waals surface area contributed by atoms with Gasteiger partial charge in [-0.15, -0.1) is 0 Å². The lowest BCUT2D eigenvalue weighted by molar-refractivity contribution is -0.137. The van der Waals surface area contributed by atoms with Gasteiger partial charge in [0.1, 0.15) is 12.4 Å². The molecule has 4 aliphatic carbocycles. The van der Waals surface area contributed by atoms with Crippen molar-refractivity contribution in [3.05, 3.63) is 17.7 Å². The molecular formula is C16H22N2O2. The first-order chi connectivity index (χ1) is 9.54. The first-order valence-electron chi connectivity index (χ1n) is 7.80. The van der Waals surface area contributed by atoms with E-state index in [-0.39, 0.29) is 12.0 Å². The first-order valence-corrected chi connectivity index (χ1v) is 7.80. The van der Waals surface area contributed by atoms with Crippen LogP contribution in [0.2, 0.25) is 0 Å². The maximum atomic E-state index is 10.9. The van der Waals surface area contributed by atoms with Gasteiger partial charge in [0.15, 0.2) is 0 Å². The largest absolute Gasteiger partial charge is 0.480 e. The molecule has 0 saturated heterocycles. The predicted molar refractivity (Wildman–Crippen MR) is 74.4 cm³/mol. The molecule has 0 atom stereocenters. The van der Waals surface area contributed by atoms with E-state index in [1.54, 1.807) is 4.57 Å². The highest BCUT2D eigenvalue weighted by molar-refractivity contribution is 5.66. The SMILES string of the molecule is Cc1nc(C23CC4CC(CC(C4)C2)C3)cn1CC(=O)O. The molecule has 4 saturated carbocycles. The van der Waals surface area contributed by atoms with Crippen LogP contribution in [0.5, 0.6) is 0 Å². The maximum absolute atomic E-state index is 10.9. The Bertz CT molecular complexity index is 526. The van der Waals surface area contributed by atoms with Crippen LogP contribution < -0.4 is 0 Å². The Hall–Kier alpha value is -1.32. The smallest absolute Gasteiger partial charge is 0.323 e. The summed E-state index contributed by atoms with van der Waals surface area (Å²) in [5, 5.41) is 8.99. The minimum absolute atomic E-state index is 0.0329. The van der Waals surface area contributed by atoms with E-state index in [1.165, 1.54) is 44.2 Å². The van der Waals surface area contributed by atoms with Crippen LogP contribution in [0.1, 0.15) is 50.0 Å². The van der Waals surface area contributed by atoms with E-state index in [4.69, 9.17) is 10.1 Å². The molecule has 20 heavy (non-hydrogen) atoms. The van der Waals surface area contributed by atoms with Crippen molar-refractivity contribution < 1.29 is 9.90 Å². The highest BCUT2D eigenvalue weighted by Gasteiger charge is 2.52. The molecule has 0 radical (unpaired) electrons. The summed E-state index contributed by atoms with van der Waals surface area (Å²) < 4.78 is 1.80. The summed E-state index contributed by atoms with van der Waals surface area (Å²) in [6.45, 7) is 1.96. The van der Waals surface area contributed by atoms with Gasteiger partial charge >= 0.3 is 5.97 Å². The lowest BCUT2D eigenvalue weighted by Gasteiger charge is -2.56. The van der Waals surface area contributed by atoms with E-state index in [2.05, 4.69) is 0 Å². The number of aromatic nitrogens is 2. The molecule has 1 heterocycles. The van der Waals surface area contributed by atoms with Crippen LogP contribution in [0.25, 0.3) is 0 Å². The molecule has 5 rings (SSSR count). The molecule has 0 aromatic carbocycles. The summed E-state index contributed by atoms with van der Waals surface area (Å²) in [5.41, 5.74) is 1.44. The Morgan fingerprint density at radius 1 is 1.30 bits per heavy atom. The van der Waals surface area contributed by atoms with Gasteiger partial charge in [-0.1, -0.05) is 0 Å². The van der Waals surface area contributed by atoms with Gasteiger partial charge in [0.2, 0.25) is 0 Å². The number of hydrogen-bond donors (Lipinski definition) is 1. The molecule has 1 aromatic rings. The molecule has 0 aliphatic heterocycles. The van der Waals surface area contributed by atoms with Crippen LogP contribution >= 0.6 is 0 Å². The number of nitrogens with zero attached hydrogens (tertiary/aromatic N) is 2. The Balaban J connectivity index is 1.68. The Morgan fingerprint density at radius 2 is 1.85 bits per heavy atom. The van der Waals surface area contributed by atoms with Gasteiger partial charge in [0, 0.05) is 11.6 Å². The Labute approximate surface area is 119 Å². The monoisotopic (exact) mass is 274 g/mol. The topological polar surface area (TPSA) is 55.1 Å². The quantitative estimate of drug-likeness (QED) is 0.922. The van der Waals surface area contributed by atoms with Gasteiger partial charge in [0.05, 0.1) is 5.69 Å². The van der Waals surface area contributed by atoms with E-state index in [9.17, 15) is 4.79 Å². The van der Waals surface area contributed by atoms with Crippen LogP contribution in [0, 0.1) is 24.7 Å². The van der Waals surface area contributed by atoms with Crippen molar-refractivity contribution in [3.8, 4) is 0 Å². The van der Waals surface area contributed by atoms with Crippen LogP contribution in [0.4, 0.5) is 0 Å². The molecule has 1 N–H and O–H groups in total. The summed E-state index contributed by atoms with van der Waals surface area (Å²) in [6.07, 6.45) is 10.1. The highest BCUT2D eigenvalue weighted by atomic mass is 16.4. The van der Waals surface area contributed by atoms with Crippen molar-refractivity contribution in [2.45, 2.75) is 57.4 Å². The summed E-state index contributed by atoms with van der Waals surface area (Å²) in [5.74, 6) is 2.74. The molecule has 4 fully saturated rings. The second-order valence-electron chi connectivity index (χ2n) is 7.39. The molecule has 0 amide bonds. The number of carboxylic acids is 1. The molecule has 4 nitrogen and oxygen atoms in total. The van der Waals surface area contributed by atoms with Crippen molar-refractivity contribution in [1.82, 2.24) is 9.55 Å². The third-order valence-electron chi connectivity index (χ3n) is 5.86. The summed E-state index contributed by atoms with van der Waals surface area (Å²) in [7, 11) is 0. The second kappa shape index (κ2) is 4.09. The Kier molecular flexibility index (Phi) is 2.54.